The van der Waals surface area contributed by atoms with Crippen LogP contribution < -0.4 is 5.32 Å². The fraction of sp³-hybridized carbons (Fsp3) is 0.250. The molecule has 0 radical (unpaired) electrons. The van der Waals surface area contributed by atoms with Gasteiger partial charge in [-0.25, -0.2) is 0 Å². The summed E-state index contributed by atoms with van der Waals surface area (Å²) in [5.74, 6) is 0. The molecule has 0 atom stereocenters. The van der Waals surface area contributed by atoms with E-state index in [0.29, 0.717) is 0 Å². The van der Waals surface area contributed by atoms with E-state index in [2.05, 4.69) is 34.4 Å². The standard InChI is InChI=1S/C8H12BrN/c1-6(2)7(3)8(9)5-10-4/h5,10H,1,3H2,2,4H3/b8-5+. The van der Waals surface area contributed by atoms with Crippen molar-refractivity contribution in [3.8, 4) is 0 Å². The van der Waals surface area contributed by atoms with Gasteiger partial charge < -0.3 is 5.32 Å². The van der Waals surface area contributed by atoms with Gasteiger partial charge in [0.05, 0.1) is 0 Å². The van der Waals surface area contributed by atoms with Gasteiger partial charge in [-0.2, -0.15) is 0 Å². The Kier molecular flexibility index (Phi) is 4.12. The molecule has 1 N–H and O–H groups in total. The van der Waals surface area contributed by atoms with Crippen LogP contribution in [0.5, 0.6) is 0 Å². The first-order valence-corrected chi connectivity index (χ1v) is 3.77. The molecule has 0 rings (SSSR count). The fourth-order valence-electron chi connectivity index (χ4n) is 0.418. The van der Waals surface area contributed by atoms with Crippen molar-refractivity contribution in [3.05, 3.63) is 35.0 Å². The maximum Gasteiger partial charge on any atom is 0.0400 e. The second-order valence-corrected chi connectivity index (χ2v) is 2.89. The zero-order valence-corrected chi connectivity index (χ0v) is 7.96. The Hall–Kier alpha value is -0.500. The van der Waals surface area contributed by atoms with Gasteiger partial charge in [0.25, 0.3) is 0 Å². The van der Waals surface area contributed by atoms with Gasteiger partial charge in [-0.15, -0.1) is 0 Å². The summed E-state index contributed by atoms with van der Waals surface area (Å²) in [4.78, 5) is 0. The first-order valence-electron chi connectivity index (χ1n) is 2.97. The summed E-state index contributed by atoms with van der Waals surface area (Å²) in [6.45, 7) is 9.50. The van der Waals surface area contributed by atoms with Crippen LogP contribution in [0, 0.1) is 0 Å². The Balaban J connectivity index is 4.22. The highest BCUT2D eigenvalue weighted by atomic mass is 79.9. The molecular weight excluding hydrogens is 190 g/mol. The van der Waals surface area contributed by atoms with Crippen molar-refractivity contribution in [1.82, 2.24) is 5.32 Å². The predicted molar refractivity (Wildman–Crippen MR) is 50.0 cm³/mol. The van der Waals surface area contributed by atoms with Gasteiger partial charge in [-0.1, -0.05) is 18.7 Å². The molecule has 0 aromatic carbocycles. The molecule has 0 heterocycles. The molecule has 0 aromatic heterocycles. The molecule has 56 valence electrons. The zero-order valence-electron chi connectivity index (χ0n) is 6.37. The number of hydrogen-bond acceptors (Lipinski definition) is 1. The van der Waals surface area contributed by atoms with Crippen molar-refractivity contribution in [2.45, 2.75) is 6.92 Å². The Morgan fingerprint density at radius 2 is 2.00 bits per heavy atom. The molecule has 0 aliphatic heterocycles. The number of hydrogen-bond donors (Lipinski definition) is 1. The molecule has 0 saturated heterocycles. The number of nitrogens with one attached hydrogen (secondary N) is 1. The molecule has 10 heavy (non-hydrogen) atoms. The van der Waals surface area contributed by atoms with Crippen molar-refractivity contribution in [2.24, 2.45) is 0 Å². The maximum atomic E-state index is 3.82. The summed E-state index contributed by atoms with van der Waals surface area (Å²) >= 11 is 3.34. The number of allylic oxidation sites excluding steroid dienone is 3. The molecule has 2 heteroatoms. The van der Waals surface area contributed by atoms with Crippen LogP contribution in [0.2, 0.25) is 0 Å². The lowest BCUT2D eigenvalue weighted by Crippen LogP contribution is -1.94. The van der Waals surface area contributed by atoms with E-state index in [1.165, 1.54) is 0 Å². The number of halogens is 1. The molecule has 0 bridgehead atoms. The summed E-state index contributed by atoms with van der Waals surface area (Å²) < 4.78 is 0.947. The second-order valence-electron chi connectivity index (χ2n) is 2.04. The maximum absolute atomic E-state index is 3.82. The van der Waals surface area contributed by atoms with E-state index in [9.17, 15) is 0 Å². The van der Waals surface area contributed by atoms with E-state index in [1.807, 2.05) is 20.2 Å². The third kappa shape index (κ3) is 2.87. The van der Waals surface area contributed by atoms with Gasteiger partial charge in [-0.3, -0.25) is 0 Å². The average Bonchev–Trinajstić information content (AvgIpc) is 1.87. The van der Waals surface area contributed by atoms with Crippen LogP contribution in [0.3, 0.4) is 0 Å². The van der Waals surface area contributed by atoms with Crippen LogP contribution in [-0.4, -0.2) is 7.05 Å². The van der Waals surface area contributed by atoms with Crippen molar-refractivity contribution in [1.29, 1.82) is 0 Å². The molecule has 0 aliphatic carbocycles. The fourth-order valence-corrected chi connectivity index (χ4v) is 0.985. The van der Waals surface area contributed by atoms with E-state index in [0.717, 1.165) is 15.6 Å². The second kappa shape index (κ2) is 4.34. The summed E-state index contributed by atoms with van der Waals surface area (Å²) in [5.41, 5.74) is 1.90. The van der Waals surface area contributed by atoms with E-state index < -0.39 is 0 Å². The topological polar surface area (TPSA) is 12.0 Å². The lowest BCUT2D eigenvalue weighted by Gasteiger charge is -2.01. The van der Waals surface area contributed by atoms with Crippen LogP contribution in [0.4, 0.5) is 0 Å². The Morgan fingerprint density at radius 1 is 1.50 bits per heavy atom. The molecular formula is C8H12BrN. The van der Waals surface area contributed by atoms with E-state index >= 15 is 0 Å². The van der Waals surface area contributed by atoms with E-state index in [4.69, 9.17) is 0 Å². The lowest BCUT2D eigenvalue weighted by molar-refractivity contribution is 1.10. The molecule has 0 unspecified atom stereocenters. The Morgan fingerprint density at radius 3 is 2.30 bits per heavy atom. The Labute approximate surface area is 70.6 Å². The molecule has 0 aliphatic rings. The molecule has 0 aromatic rings. The molecule has 0 fully saturated rings. The third-order valence-electron chi connectivity index (χ3n) is 1.07. The number of rotatable bonds is 3. The van der Waals surface area contributed by atoms with Gasteiger partial charge in [0, 0.05) is 17.7 Å². The van der Waals surface area contributed by atoms with Gasteiger partial charge in [0.15, 0.2) is 0 Å². The minimum absolute atomic E-state index is 0.925. The summed E-state index contributed by atoms with van der Waals surface area (Å²) in [7, 11) is 1.84. The van der Waals surface area contributed by atoms with E-state index in [-0.39, 0.29) is 0 Å². The van der Waals surface area contributed by atoms with Gasteiger partial charge in [0.1, 0.15) is 0 Å². The highest BCUT2D eigenvalue weighted by molar-refractivity contribution is 9.12. The first-order chi connectivity index (χ1) is 4.59. The SMILES string of the molecule is C=C(C)C(=C)/C(Br)=C\NC. The normalized spacial score (nSPS) is 10.9. The highest BCUT2D eigenvalue weighted by Gasteiger charge is 1.96. The van der Waals surface area contributed by atoms with Crippen molar-refractivity contribution < 1.29 is 0 Å². The third-order valence-corrected chi connectivity index (χ3v) is 1.78. The van der Waals surface area contributed by atoms with Crippen molar-refractivity contribution >= 4 is 15.9 Å². The van der Waals surface area contributed by atoms with Crippen molar-refractivity contribution in [2.75, 3.05) is 7.05 Å². The smallest absolute Gasteiger partial charge is 0.0400 e. The highest BCUT2D eigenvalue weighted by Crippen LogP contribution is 2.19. The first kappa shape index (κ1) is 9.50. The Bertz CT molecular complexity index is 180. The van der Waals surface area contributed by atoms with Crippen LogP contribution >= 0.6 is 15.9 Å². The molecule has 1 nitrogen and oxygen atoms in total. The summed E-state index contributed by atoms with van der Waals surface area (Å²) in [6.07, 6.45) is 1.83. The molecule has 0 amide bonds. The van der Waals surface area contributed by atoms with Gasteiger partial charge >= 0.3 is 0 Å². The largest absolute Gasteiger partial charge is 0.393 e. The molecule has 0 saturated carbocycles. The quantitative estimate of drug-likeness (QED) is 0.693. The minimum Gasteiger partial charge on any atom is -0.393 e. The lowest BCUT2D eigenvalue weighted by atomic mass is 10.1. The van der Waals surface area contributed by atoms with Crippen molar-refractivity contribution in [3.63, 3.8) is 0 Å². The minimum atomic E-state index is 0.925. The predicted octanol–water partition coefficient (Wildman–Crippen LogP) is 2.57. The van der Waals surface area contributed by atoms with Crippen LogP contribution in [0.25, 0.3) is 0 Å². The summed E-state index contributed by atoms with van der Waals surface area (Å²) in [5, 5.41) is 2.89. The summed E-state index contributed by atoms with van der Waals surface area (Å²) in [6, 6.07) is 0. The van der Waals surface area contributed by atoms with Crippen LogP contribution in [0.1, 0.15) is 6.92 Å². The van der Waals surface area contributed by atoms with Gasteiger partial charge in [-0.05, 0) is 28.4 Å². The zero-order chi connectivity index (χ0) is 8.15. The van der Waals surface area contributed by atoms with Crippen LogP contribution in [0.15, 0.2) is 35.0 Å². The average molecular weight is 202 g/mol. The van der Waals surface area contributed by atoms with E-state index in [1.54, 1.807) is 0 Å². The monoisotopic (exact) mass is 201 g/mol. The van der Waals surface area contributed by atoms with Gasteiger partial charge in [0.2, 0.25) is 0 Å². The van der Waals surface area contributed by atoms with Crippen LogP contribution in [-0.2, 0) is 0 Å². The molecule has 0 spiro atoms.